The Morgan fingerprint density at radius 2 is 1.60 bits per heavy atom. The first kappa shape index (κ1) is 12.9. The van der Waals surface area contributed by atoms with E-state index in [1.54, 1.807) is 0 Å². The van der Waals surface area contributed by atoms with Gasteiger partial charge in [-0.25, -0.2) is 0 Å². The van der Waals surface area contributed by atoms with Gasteiger partial charge >= 0.3 is 0 Å². The van der Waals surface area contributed by atoms with E-state index >= 15 is 0 Å². The average Bonchev–Trinajstić information content (AvgIpc) is 2.13. The van der Waals surface area contributed by atoms with Crippen LogP contribution in [0.15, 0.2) is 0 Å². The Kier molecular flexibility index (Phi) is 3.73. The van der Waals surface area contributed by atoms with Crippen LogP contribution in [0.2, 0.25) is 0 Å². The zero-order valence-electron chi connectivity index (χ0n) is 9.42. The molecule has 5 unspecified atom stereocenters. The molecule has 0 amide bonds. The second-order valence-electron chi connectivity index (χ2n) is 5.17. The van der Waals surface area contributed by atoms with E-state index in [1.807, 2.05) is 20.8 Å². The predicted octanol–water partition coefficient (Wildman–Crippen LogP) is -1.16. The van der Waals surface area contributed by atoms with Crippen LogP contribution >= 0.6 is 0 Å². The molecule has 0 aromatic heterocycles. The maximum absolute atomic E-state index is 9.78. The Labute approximate surface area is 89.9 Å². The number of ether oxygens (including phenoxy) is 1. The Morgan fingerprint density at radius 1 is 1.07 bits per heavy atom. The lowest BCUT2D eigenvalue weighted by molar-refractivity contribution is -0.241. The van der Waals surface area contributed by atoms with E-state index in [-0.39, 0.29) is 12.0 Å². The van der Waals surface area contributed by atoms with E-state index in [0.717, 1.165) is 0 Å². The highest BCUT2D eigenvalue weighted by Gasteiger charge is 2.47. The van der Waals surface area contributed by atoms with Crippen molar-refractivity contribution in [3.05, 3.63) is 0 Å². The lowest BCUT2D eigenvalue weighted by Gasteiger charge is -2.45. The van der Waals surface area contributed by atoms with Gasteiger partial charge in [0.25, 0.3) is 0 Å². The standard InChI is InChI=1S/C10H21NO4/c1-10(2,3)9-8(14)7(13)6(12)5(4-11)15-9/h5-9,12-14H,4,11H2,1-3H3. The zero-order valence-corrected chi connectivity index (χ0v) is 9.42. The third-order valence-electron chi connectivity index (χ3n) is 2.80. The van der Waals surface area contributed by atoms with Crippen molar-refractivity contribution in [2.45, 2.75) is 51.3 Å². The quantitative estimate of drug-likeness (QED) is 0.446. The molecule has 5 heteroatoms. The molecule has 1 rings (SSSR count). The van der Waals surface area contributed by atoms with Gasteiger partial charge in [0, 0.05) is 6.54 Å². The molecule has 90 valence electrons. The summed E-state index contributed by atoms with van der Waals surface area (Å²) in [6.45, 7) is 5.83. The van der Waals surface area contributed by atoms with Crippen molar-refractivity contribution in [2.75, 3.05) is 6.54 Å². The first-order valence-corrected chi connectivity index (χ1v) is 5.18. The molecular formula is C10H21NO4. The van der Waals surface area contributed by atoms with Crippen LogP contribution in [0.25, 0.3) is 0 Å². The molecule has 5 N–H and O–H groups in total. The van der Waals surface area contributed by atoms with Crippen LogP contribution in [0, 0.1) is 5.41 Å². The van der Waals surface area contributed by atoms with Gasteiger partial charge in [-0.2, -0.15) is 0 Å². The highest BCUT2D eigenvalue weighted by Crippen LogP contribution is 2.32. The van der Waals surface area contributed by atoms with Crippen LogP contribution in [0.1, 0.15) is 20.8 Å². The van der Waals surface area contributed by atoms with Crippen LogP contribution in [0.5, 0.6) is 0 Å². The van der Waals surface area contributed by atoms with Crippen molar-refractivity contribution in [2.24, 2.45) is 11.1 Å². The number of nitrogens with two attached hydrogens (primary N) is 1. The van der Waals surface area contributed by atoms with Crippen molar-refractivity contribution in [3.8, 4) is 0 Å². The maximum atomic E-state index is 9.78. The minimum absolute atomic E-state index is 0.123. The third kappa shape index (κ3) is 2.49. The van der Waals surface area contributed by atoms with E-state index in [2.05, 4.69) is 0 Å². The minimum atomic E-state index is -1.20. The van der Waals surface area contributed by atoms with Crippen molar-refractivity contribution < 1.29 is 20.1 Å². The van der Waals surface area contributed by atoms with E-state index in [1.165, 1.54) is 0 Å². The van der Waals surface area contributed by atoms with Crippen LogP contribution in [0.3, 0.4) is 0 Å². The smallest absolute Gasteiger partial charge is 0.111 e. The molecule has 15 heavy (non-hydrogen) atoms. The maximum Gasteiger partial charge on any atom is 0.111 e. The molecule has 0 aromatic rings. The van der Waals surface area contributed by atoms with Gasteiger partial charge in [-0.05, 0) is 5.41 Å². The summed E-state index contributed by atoms with van der Waals surface area (Å²) >= 11 is 0. The SMILES string of the molecule is CC(C)(C)C1OC(CN)C(O)C(O)C1O. The second-order valence-corrected chi connectivity index (χ2v) is 5.17. The van der Waals surface area contributed by atoms with Crippen molar-refractivity contribution in [3.63, 3.8) is 0 Å². The molecule has 1 saturated heterocycles. The normalized spacial score (nSPS) is 43.0. The Morgan fingerprint density at radius 3 is 2.00 bits per heavy atom. The van der Waals surface area contributed by atoms with Crippen molar-refractivity contribution >= 4 is 0 Å². The van der Waals surface area contributed by atoms with Crippen molar-refractivity contribution in [1.82, 2.24) is 0 Å². The number of hydrogen-bond donors (Lipinski definition) is 4. The molecule has 0 aliphatic carbocycles. The lowest BCUT2D eigenvalue weighted by Crippen LogP contribution is -2.62. The fourth-order valence-electron chi connectivity index (χ4n) is 1.86. The fourth-order valence-corrected chi connectivity index (χ4v) is 1.86. The summed E-state index contributed by atoms with van der Waals surface area (Å²) in [5.74, 6) is 0. The molecule has 1 heterocycles. The molecule has 1 fully saturated rings. The minimum Gasteiger partial charge on any atom is -0.388 e. The zero-order chi connectivity index (χ0) is 11.8. The first-order chi connectivity index (χ1) is 6.79. The molecule has 0 radical (unpaired) electrons. The van der Waals surface area contributed by atoms with Crippen LogP contribution < -0.4 is 5.73 Å². The van der Waals surface area contributed by atoms with Gasteiger partial charge in [0.05, 0.1) is 12.2 Å². The molecule has 5 atom stereocenters. The fraction of sp³-hybridized carbons (Fsp3) is 1.00. The molecule has 0 spiro atoms. The number of rotatable bonds is 1. The Hall–Kier alpha value is -0.200. The third-order valence-corrected chi connectivity index (χ3v) is 2.80. The molecule has 0 aromatic carbocycles. The van der Waals surface area contributed by atoms with Gasteiger partial charge in [0.15, 0.2) is 0 Å². The van der Waals surface area contributed by atoms with Crippen LogP contribution in [-0.4, -0.2) is 52.4 Å². The van der Waals surface area contributed by atoms with E-state index in [0.29, 0.717) is 0 Å². The highest BCUT2D eigenvalue weighted by atomic mass is 16.5. The first-order valence-electron chi connectivity index (χ1n) is 5.18. The summed E-state index contributed by atoms with van der Waals surface area (Å²) in [4.78, 5) is 0. The molecule has 1 aliphatic rings. The lowest BCUT2D eigenvalue weighted by atomic mass is 9.80. The summed E-state index contributed by atoms with van der Waals surface area (Å²) in [5.41, 5.74) is 5.12. The second kappa shape index (κ2) is 4.35. The number of hydrogen-bond acceptors (Lipinski definition) is 5. The van der Waals surface area contributed by atoms with Gasteiger partial charge in [-0.15, -0.1) is 0 Å². The summed E-state index contributed by atoms with van der Waals surface area (Å²) in [6.07, 6.45) is -4.54. The van der Waals surface area contributed by atoms with Gasteiger partial charge in [0.2, 0.25) is 0 Å². The Bertz CT molecular complexity index is 214. The molecule has 0 bridgehead atoms. The van der Waals surface area contributed by atoms with E-state index in [4.69, 9.17) is 10.5 Å². The van der Waals surface area contributed by atoms with Crippen LogP contribution in [-0.2, 0) is 4.74 Å². The van der Waals surface area contributed by atoms with E-state index in [9.17, 15) is 15.3 Å². The summed E-state index contributed by atoms with van der Waals surface area (Å²) in [7, 11) is 0. The van der Waals surface area contributed by atoms with E-state index < -0.39 is 30.5 Å². The predicted molar refractivity (Wildman–Crippen MR) is 55.2 cm³/mol. The Balaban J connectivity index is 2.83. The van der Waals surface area contributed by atoms with Gasteiger partial charge in [-0.3, -0.25) is 0 Å². The summed E-state index contributed by atoms with van der Waals surface area (Å²) in [6, 6.07) is 0. The summed E-state index contributed by atoms with van der Waals surface area (Å²) < 4.78 is 5.51. The monoisotopic (exact) mass is 219 g/mol. The molecule has 5 nitrogen and oxygen atoms in total. The van der Waals surface area contributed by atoms with Crippen molar-refractivity contribution in [1.29, 1.82) is 0 Å². The van der Waals surface area contributed by atoms with Crippen LogP contribution in [0.4, 0.5) is 0 Å². The van der Waals surface area contributed by atoms with Gasteiger partial charge in [-0.1, -0.05) is 20.8 Å². The average molecular weight is 219 g/mol. The highest BCUT2D eigenvalue weighted by molar-refractivity contribution is 4.96. The van der Waals surface area contributed by atoms with Gasteiger partial charge in [0.1, 0.15) is 18.3 Å². The van der Waals surface area contributed by atoms with Gasteiger partial charge < -0.3 is 25.8 Å². The summed E-state index contributed by atoms with van der Waals surface area (Å²) in [5, 5.41) is 29.0. The molecule has 1 aliphatic heterocycles. The largest absolute Gasteiger partial charge is 0.388 e. The molecule has 0 saturated carbocycles. The molecular weight excluding hydrogens is 198 g/mol. The topological polar surface area (TPSA) is 95.9 Å². The number of aliphatic hydroxyl groups is 3. The number of aliphatic hydroxyl groups excluding tert-OH is 3.